The molecular formula is C20H30N5O2+. The number of hydrogen-bond donors (Lipinski definition) is 3. The summed E-state index contributed by atoms with van der Waals surface area (Å²) in [6.45, 7) is 9.03. The van der Waals surface area contributed by atoms with Crippen molar-refractivity contribution >= 4 is 23.2 Å². The number of aromatic nitrogens is 2. The number of anilines is 2. The van der Waals surface area contributed by atoms with Gasteiger partial charge < -0.3 is 15.5 Å². The third kappa shape index (κ3) is 5.65. The SMILES string of the molecule is CCC[NH+](CC(=O)Nc1ccccc1C)CC(=O)Nc1c(C)nn(C)c1C. The minimum Gasteiger partial charge on any atom is -0.321 e. The number of para-hydroxylation sites is 1. The molecule has 146 valence electrons. The highest BCUT2D eigenvalue weighted by molar-refractivity contribution is 5.94. The van der Waals surface area contributed by atoms with Crippen LogP contribution in [-0.4, -0.2) is 41.2 Å². The van der Waals surface area contributed by atoms with E-state index in [2.05, 4.69) is 15.7 Å². The van der Waals surface area contributed by atoms with Crippen LogP contribution >= 0.6 is 0 Å². The molecule has 0 spiro atoms. The standard InChI is InChI=1S/C20H29N5O2/c1-6-11-25(12-18(26)21-17-10-8-7-9-14(17)2)13-19(27)22-20-15(3)23-24(5)16(20)4/h7-10H,6,11-13H2,1-5H3,(H,21,26)(H,22,27)/p+1. The molecule has 7 heteroatoms. The average molecular weight is 372 g/mol. The van der Waals surface area contributed by atoms with Crippen molar-refractivity contribution < 1.29 is 14.5 Å². The lowest BCUT2D eigenvalue weighted by atomic mass is 10.2. The molecule has 0 saturated carbocycles. The van der Waals surface area contributed by atoms with Gasteiger partial charge in [0.05, 0.1) is 23.6 Å². The molecule has 1 atom stereocenters. The molecule has 0 aliphatic carbocycles. The fraction of sp³-hybridized carbons (Fsp3) is 0.450. The first-order chi connectivity index (χ1) is 12.8. The number of rotatable bonds is 8. The molecule has 0 radical (unpaired) electrons. The Morgan fingerprint density at radius 2 is 1.70 bits per heavy atom. The highest BCUT2D eigenvalue weighted by Crippen LogP contribution is 2.17. The van der Waals surface area contributed by atoms with Crippen LogP contribution in [0.15, 0.2) is 24.3 Å². The van der Waals surface area contributed by atoms with E-state index in [0.717, 1.165) is 46.2 Å². The third-order valence-electron chi connectivity index (χ3n) is 4.62. The number of carbonyl (C=O) groups is 2. The number of hydrogen-bond acceptors (Lipinski definition) is 3. The maximum Gasteiger partial charge on any atom is 0.279 e. The topological polar surface area (TPSA) is 80.5 Å². The lowest BCUT2D eigenvalue weighted by Crippen LogP contribution is -3.14. The van der Waals surface area contributed by atoms with Gasteiger partial charge in [-0.15, -0.1) is 0 Å². The summed E-state index contributed by atoms with van der Waals surface area (Å²) < 4.78 is 1.75. The third-order valence-corrected chi connectivity index (χ3v) is 4.62. The zero-order valence-corrected chi connectivity index (χ0v) is 16.8. The van der Waals surface area contributed by atoms with E-state index in [-0.39, 0.29) is 24.9 Å². The Bertz CT molecular complexity index is 813. The van der Waals surface area contributed by atoms with Crippen molar-refractivity contribution in [2.75, 3.05) is 30.3 Å². The maximum atomic E-state index is 12.5. The fourth-order valence-corrected chi connectivity index (χ4v) is 3.09. The van der Waals surface area contributed by atoms with Crippen LogP contribution in [0.4, 0.5) is 11.4 Å². The van der Waals surface area contributed by atoms with E-state index < -0.39 is 0 Å². The van der Waals surface area contributed by atoms with Crippen LogP contribution in [0.3, 0.4) is 0 Å². The van der Waals surface area contributed by atoms with E-state index in [0.29, 0.717) is 0 Å². The molecule has 0 fully saturated rings. The van der Waals surface area contributed by atoms with Crippen LogP contribution in [0.5, 0.6) is 0 Å². The smallest absolute Gasteiger partial charge is 0.279 e. The van der Waals surface area contributed by atoms with Gasteiger partial charge in [-0.05, 0) is 38.8 Å². The average Bonchev–Trinajstić information content (AvgIpc) is 2.83. The zero-order chi connectivity index (χ0) is 20.0. The van der Waals surface area contributed by atoms with Crippen LogP contribution < -0.4 is 15.5 Å². The Labute approximate surface area is 160 Å². The highest BCUT2D eigenvalue weighted by atomic mass is 16.2. The fourth-order valence-electron chi connectivity index (χ4n) is 3.09. The Balaban J connectivity index is 1.97. The first kappa shape index (κ1) is 20.6. The Hall–Kier alpha value is -2.67. The Morgan fingerprint density at radius 3 is 2.26 bits per heavy atom. The van der Waals surface area contributed by atoms with E-state index in [1.807, 2.05) is 59.0 Å². The normalized spacial score (nSPS) is 11.9. The molecule has 1 heterocycles. The van der Waals surface area contributed by atoms with E-state index in [1.165, 1.54) is 0 Å². The maximum absolute atomic E-state index is 12.5. The number of quaternary nitrogens is 1. The van der Waals surface area contributed by atoms with Gasteiger partial charge in [-0.25, -0.2) is 0 Å². The molecule has 7 nitrogen and oxygen atoms in total. The van der Waals surface area contributed by atoms with E-state index in [1.54, 1.807) is 4.68 Å². The summed E-state index contributed by atoms with van der Waals surface area (Å²) in [5.41, 5.74) is 4.28. The molecule has 0 saturated heterocycles. The van der Waals surface area contributed by atoms with Gasteiger partial charge in [0.15, 0.2) is 13.1 Å². The van der Waals surface area contributed by atoms with Crippen LogP contribution in [0.1, 0.15) is 30.3 Å². The van der Waals surface area contributed by atoms with E-state index in [4.69, 9.17) is 0 Å². The summed E-state index contributed by atoms with van der Waals surface area (Å²) >= 11 is 0. The summed E-state index contributed by atoms with van der Waals surface area (Å²) in [6, 6.07) is 7.67. The summed E-state index contributed by atoms with van der Waals surface area (Å²) in [5, 5.41) is 10.2. The zero-order valence-electron chi connectivity index (χ0n) is 16.8. The molecule has 2 aromatic rings. The molecule has 0 aliphatic rings. The minimum atomic E-state index is -0.110. The van der Waals surface area contributed by atoms with Crippen molar-refractivity contribution in [3.8, 4) is 0 Å². The molecule has 1 aromatic carbocycles. The second kappa shape index (κ2) is 9.32. The van der Waals surface area contributed by atoms with Gasteiger partial charge in [0.2, 0.25) is 0 Å². The molecule has 2 amide bonds. The van der Waals surface area contributed by atoms with Gasteiger partial charge in [-0.1, -0.05) is 25.1 Å². The van der Waals surface area contributed by atoms with Gasteiger partial charge in [-0.3, -0.25) is 14.3 Å². The van der Waals surface area contributed by atoms with Crippen molar-refractivity contribution in [1.82, 2.24) is 9.78 Å². The summed E-state index contributed by atoms with van der Waals surface area (Å²) in [5.74, 6) is -0.198. The van der Waals surface area contributed by atoms with Crippen molar-refractivity contribution in [2.24, 2.45) is 7.05 Å². The predicted molar refractivity (Wildman–Crippen MR) is 107 cm³/mol. The highest BCUT2D eigenvalue weighted by Gasteiger charge is 2.20. The van der Waals surface area contributed by atoms with Gasteiger partial charge in [0.1, 0.15) is 0 Å². The quantitative estimate of drug-likeness (QED) is 0.652. The predicted octanol–water partition coefficient (Wildman–Crippen LogP) is 1.22. The molecular weight excluding hydrogens is 342 g/mol. The van der Waals surface area contributed by atoms with Gasteiger partial charge in [0.25, 0.3) is 11.8 Å². The van der Waals surface area contributed by atoms with Crippen LogP contribution in [0.2, 0.25) is 0 Å². The monoisotopic (exact) mass is 372 g/mol. The number of amides is 2. The lowest BCUT2D eigenvalue weighted by molar-refractivity contribution is -0.883. The second-order valence-corrected chi connectivity index (χ2v) is 6.93. The van der Waals surface area contributed by atoms with Crippen molar-refractivity contribution in [3.05, 3.63) is 41.2 Å². The minimum absolute atomic E-state index is 0.0886. The number of benzene rings is 1. The molecule has 2 rings (SSSR count). The van der Waals surface area contributed by atoms with E-state index >= 15 is 0 Å². The lowest BCUT2D eigenvalue weighted by Gasteiger charge is -2.18. The van der Waals surface area contributed by atoms with Gasteiger partial charge in [0, 0.05) is 12.7 Å². The summed E-state index contributed by atoms with van der Waals surface area (Å²) in [4.78, 5) is 25.9. The Morgan fingerprint density at radius 1 is 1.07 bits per heavy atom. The number of aryl methyl sites for hydroxylation is 3. The van der Waals surface area contributed by atoms with Crippen LogP contribution in [0, 0.1) is 20.8 Å². The van der Waals surface area contributed by atoms with Crippen LogP contribution in [0.25, 0.3) is 0 Å². The molecule has 27 heavy (non-hydrogen) atoms. The van der Waals surface area contributed by atoms with Gasteiger partial charge in [-0.2, -0.15) is 5.10 Å². The van der Waals surface area contributed by atoms with Crippen LogP contribution in [-0.2, 0) is 16.6 Å². The number of nitrogens with zero attached hydrogens (tertiary/aromatic N) is 2. The first-order valence-electron chi connectivity index (χ1n) is 9.30. The molecule has 0 aliphatic heterocycles. The van der Waals surface area contributed by atoms with Crippen molar-refractivity contribution in [1.29, 1.82) is 0 Å². The number of carbonyl (C=O) groups excluding carboxylic acids is 2. The first-order valence-corrected chi connectivity index (χ1v) is 9.30. The van der Waals surface area contributed by atoms with Crippen molar-refractivity contribution in [3.63, 3.8) is 0 Å². The molecule has 1 aromatic heterocycles. The largest absolute Gasteiger partial charge is 0.321 e. The molecule has 1 unspecified atom stereocenters. The number of nitrogens with one attached hydrogen (secondary N) is 3. The molecule has 3 N–H and O–H groups in total. The van der Waals surface area contributed by atoms with Gasteiger partial charge >= 0.3 is 0 Å². The Kier molecular flexibility index (Phi) is 7.12. The second-order valence-electron chi connectivity index (χ2n) is 6.93. The van der Waals surface area contributed by atoms with Crippen molar-refractivity contribution in [2.45, 2.75) is 34.1 Å². The van der Waals surface area contributed by atoms with E-state index in [9.17, 15) is 9.59 Å². The molecule has 0 bridgehead atoms. The summed E-state index contributed by atoms with van der Waals surface area (Å²) in [6.07, 6.45) is 0.894. The summed E-state index contributed by atoms with van der Waals surface area (Å²) in [7, 11) is 1.85.